The maximum Gasteiger partial charge on any atom is 0.304 e. The van der Waals surface area contributed by atoms with Gasteiger partial charge in [-0.3, -0.25) is 14.5 Å². The van der Waals surface area contributed by atoms with E-state index in [1.165, 1.54) is 10.6 Å². The number of nitrogens with zero attached hydrogens (tertiary/aromatic N) is 4. The molecule has 1 amide bonds. The van der Waals surface area contributed by atoms with Crippen LogP contribution < -0.4 is 19.3 Å². The highest BCUT2D eigenvalue weighted by Crippen LogP contribution is 2.68. The van der Waals surface area contributed by atoms with Gasteiger partial charge in [-0.05, 0) is 29.7 Å². The number of phenols is 1. The van der Waals surface area contributed by atoms with E-state index in [0.717, 1.165) is 49.3 Å². The maximum absolute atomic E-state index is 13.9. The summed E-state index contributed by atoms with van der Waals surface area (Å²) in [6, 6.07) is 7.37. The van der Waals surface area contributed by atoms with Gasteiger partial charge in [-0.25, -0.2) is 9.15 Å². The fourth-order valence-electron chi connectivity index (χ4n) is 11.5. The number of likely N-dealkylation sites (N-methyl/N-ethyl adjacent to an activating group) is 1. The second-order valence-electron chi connectivity index (χ2n) is 14.8. The number of rotatable bonds is 5. The van der Waals surface area contributed by atoms with Crippen LogP contribution in [0.1, 0.15) is 61.6 Å². The quantitative estimate of drug-likeness (QED) is 0.332. The molecule has 1 aliphatic carbocycles. The molecule has 1 fully saturated rings. The number of piperidine rings is 1. The Morgan fingerprint density at radius 1 is 1.02 bits per heavy atom. The van der Waals surface area contributed by atoms with Crippen LogP contribution in [0.25, 0.3) is 0 Å². The molecule has 0 aromatic heterocycles. The summed E-state index contributed by atoms with van der Waals surface area (Å²) in [6.45, 7) is 2.32. The zero-order chi connectivity index (χ0) is 33.5. The van der Waals surface area contributed by atoms with E-state index >= 15 is 0 Å². The Labute approximate surface area is 279 Å². The Morgan fingerprint density at radius 3 is 2.56 bits per heavy atom. The van der Waals surface area contributed by atoms with Gasteiger partial charge in [0.1, 0.15) is 37.8 Å². The number of ether oxygens (including phenoxy) is 2. The van der Waals surface area contributed by atoms with Crippen LogP contribution in [0.3, 0.4) is 0 Å². The topological polar surface area (TPSA) is 126 Å². The minimum atomic E-state index is -1.80. The molecule has 3 N–H and O–H groups in total. The van der Waals surface area contributed by atoms with Crippen LogP contribution in [0.2, 0.25) is 0 Å². The molecule has 1 saturated heterocycles. The number of amides is 1. The Balaban J connectivity index is 1.40. The lowest BCUT2D eigenvalue weighted by Crippen LogP contribution is -2.71. The van der Waals surface area contributed by atoms with E-state index in [1.54, 1.807) is 26.4 Å². The van der Waals surface area contributed by atoms with E-state index in [2.05, 4.69) is 39.3 Å². The standard InChI is InChI=1S/C37H40N4O7/c1-38-17-15-36(21-7-5-8-24(42)29(21)41-27(43)10-9-26(38)37(36,41)46)23-19-22-30(32(48-4)31(23)47-3)39(2)25-11-13-34(20-28(44)45)12-6-16-40-18-14-35(22,25)33(34)40/h5,7-8,11,13,19,25,46H,6,9-10,12,14-18,20H2,1-4H3/p+2/t25-,34-,35-,36-,37+/m1/s1. The number of fused-ring (bicyclic) bond motifs is 4. The van der Waals surface area contributed by atoms with E-state index < -0.39 is 27.9 Å². The largest absolute Gasteiger partial charge is 0.506 e. The van der Waals surface area contributed by atoms with E-state index in [4.69, 9.17) is 9.47 Å². The minimum absolute atomic E-state index is 0.0288. The molecule has 250 valence electrons. The van der Waals surface area contributed by atoms with Crippen LogP contribution in [0, 0.1) is 5.41 Å². The Hall–Kier alpha value is -4.38. The molecule has 5 atom stereocenters. The molecule has 1 spiro atoms. The summed E-state index contributed by atoms with van der Waals surface area (Å²) >= 11 is 0. The van der Waals surface area contributed by atoms with Crippen LogP contribution in [0.15, 0.2) is 36.4 Å². The third-order valence-electron chi connectivity index (χ3n) is 13.1. The number of hydrogen-bond acceptors (Lipinski definition) is 7. The first-order valence-electron chi connectivity index (χ1n) is 17.0. The molecule has 2 aromatic rings. The Morgan fingerprint density at radius 2 is 1.81 bits per heavy atom. The smallest absolute Gasteiger partial charge is 0.304 e. The van der Waals surface area contributed by atoms with E-state index in [0.29, 0.717) is 47.7 Å². The number of carboxylic acids is 1. The van der Waals surface area contributed by atoms with Crippen molar-refractivity contribution >= 4 is 34.7 Å². The fraction of sp³-hybridized carbons (Fsp3) is 0.514. The number of phenolic OH excluding ortho intramolecular Hbond substituents is 1. The zero-order valence-corrected chi connectivity index (χ0v) is 27.9. The van der Waals surface area contributed by atoms with E-state index in [9.17, 15) is 24.9 Å². The molecule has 0 saturated carbocycles. The first kappa shape index (κ1) is 29.7. The summed E-state index contributed by atoms with van der Waals surface area (Å²) in [7, 11) is 7.27. The average Bonchev–Trinajstić information content (AvgIpc) is 3.65. The van der Waals surface area contributed by atoms with Crippen molar-refractivity contribution < 1.29 is 43.5 Å². The van der Waals surface area contributed by atoms with Crippen molar-refractivity contribution in [1.29, 1.82) is 0 Å². The molecule has 2 aromatic carbocycles. The number of carbonyl (C=O) groups is 2. The summed E-state index contributed by atoms with van der Waals surface area (Å²) in [6.07, 6.45) is 7.97. The van der Waals surface area contributed by atoms with Gasteiger partial charge in [-0.2, -0.15) is 0 Å². The summed E-state index contributed by atoms with van der Waals surface area (Å²) < 4.78 is 17.1. The lowest BCUT2D eigenvalue weighted by atomic mass is 9.56. The van der Waals surface area contributed by atoms with Gasteiger partial charge in [-0.15, -0.1) is 0 Å². The molecule has 11 heteroatoms. The highest BCUT2D eigenvalue weighted by atomic mass is 16.5. The molecule has 9 rings (SSSR count). The number of benzene rings is 2. The van der Waals surface area contributed by atoms with Crippen molar-refractivity contribution in [3.8, 4) is 17.2 Å². The third-order valence-corrected chi connectivity index (χ3v) is 13.1. The third kappa shape index (κ3) is 3.07. The summed E-state index contributed by atoms with van der Waals surface area (Å²) in [5, 5.41) is 35.0. The molecule has 6 heterocycles. The molecule has 48 heavy (non-hydrogen) atoms. The number of carboxylic acid groups (broad SMARTS) is 1. The highest BCUT2D eigenvalue weighted by molar-refractivity contribution is 6.14. The lowest BCUT2D eigenvalue weighted by molar-refractivity contribution is -0.528. The van der Waals surface area contributed by atoms with E-state index in [-0.39, 0.29) is 30.5 Å². The van der Waals surface area contributed by atoms with Crippen molar-refractivity contribution in [2.24, 2.45) is 5.41 Å². The van der Waals surface area contributed by atoms with Crippen LogP contribution >= 0.6 is 0 Å². The SMILES string of the molecule is COc1c([C@@]23CC[N+](C)=C4CCC(=O)N(c5c(O)cccc52)[C@]43O)cc2c(c1OC)N(C)[C@@H]1C=C[C@@]3(CC(=O)O)CCC[N+]4=C3[C@]21CC4. The first-order chi connectivity index (χ1) is 23.0. The van der Waals surface area contributed by atoms with Gasteiger partial charge >= 0.3 is 5.97 Å². The first-order valence-corrected chi connectivity index (χ1v) is 17.0. The number of anilines is 2. The van der Waals surface area contributed by atoms with Crippen molar-refractivity contribution in [1.82, 2.24) is 0 Å². The predicted octanol–water partition coefficient (Wildman–Crippen LogP) is 2.75. The van der Waals surface area contributed by atoms with Gasteiger partial charge in [0, 0.05) is 44.7 Å². The molecular weight excluding hydrogens is 612 g/mol. The summed E-state index contributed by atoms with van der Waals surface area (Å²) in [5.41, 5.74) is 1.41. The zero-order valence-electron chi connectivity index (χ0n) is 27.9. The molecule has 0 unspecified atom stereocenters. The molecular formula is C37H42N4O7+2. The van der Waals surface area contributed by atoms with Crippen molar-refractivity contribution in [3.63, 3.8) is 0 Å². The van der Waals surface area contributed by atoms with Gasteiger partial charge in [0.25, 0.3) is 0 Å². The second kappa shape index (κ2) is 9.40. The van der Waals surface area contributed by atoms with Crippen LogP contribution in [-0.2, 0) is 20.4 Å². The monoisotopic (exact) mass is 654 g/mol. The second-order valence-corrected chi connectivity index (χ2v) is 14.8. The van der Waals surface area contributed by atoms with Gasteiger partial charge in [0.05, 0.1) is 48.9 Å². The number of allylic oxidation sites excluding steroid dienone is 1. The molecule has 0 radical (unpaired) electrons. The average molecular weight is 655 g/mol. The number of carbonyl (C=O) groups excluding carboxylic acids is 1. The molecule has 7 aliphatic rings. The maximum atomic E-state index is 13.9. The van der Waals surface area contributed by atoms with Crippen LogP contribution in [-0.4, -0.2) is 107 Å². The predicted molar refractivity (Wildman–Crippen MR) is 177 cm³/mol. The van der Waals surface area contributed by atoms with Gasteiger partial charge < -0.3 is 29.7 Å². The molecule has 0 bridgehead atoms. The number of para-hydroxylation sites is 1. The van der Waals surface area contributed by atoms with Gasteiger partial charge in [0.15, 0.2) is 17.2 Å². The van der Waals surface area contributed by atoms with Gasteiger partial charge in [-0.1, -0.05) is 24.3 Å². The lowest BCUT2D eigenvalue weighted by Gasteiger charge is -2.49. The Bertz CT molecular complexity index is 1970. The Kier molecular flexibility index (Phi) is 5.82. The number of aliphatic hydroxyl groups is 1. The molecule has 6 aliphatic heterocycles. The number of aromatic hydroxyl groups is 1. The van der Waals surface area contributed by atoms with Gasteiger partial charge in [0.2, 0.25) is 17.3 Å². The minimum Gasteiger partial charge on any atom is -0.506 e. The normalized spacial score (nSPS) is 33.8. The summed E-state index contributed by atoms with van der Waals surface area (Å²) in [4.78, 5) is 30.0. The highest BCUT2D eigenvalue weighted by Gasteiger charge is 2.75. The molecule has 11 nitrogen and oxygen atoms in total. The summed E-state index contributed by atoms with van der Waals surface area (Å²) in [5.74, 6) is -0.0868. The number of aliphatic carboxylic acids is 1. The van der Waals surface area contributed by atoms with Crippen molar-refractivity contribution in [2.45, 2.75) is 67.5 Å². The fourth-order valence-corrected chi connectivity index (χ4v) is 11.5. The van der Waals surface area contributed by atoms with Crippen molar-refractivity contribution in [2.75, 3.05) is 57.7 Å². The number of methoxy groups -OCH3 is 2. The van der Waals surface area contributed by atoms with Crippen molar-refractivity contribution in [3.05, 3.63) is 53.1 Å². The van der Waals surface area contributed by atoms with E-state index in [1.807, 2.05) is 13.1 Å². The van der Waals surface area contributed by atoms with Crippen LogP contribution in [0.5, 0.6) is 17.2 Å². The van der Waals surface area contributed by atoms with Crippen LogP contribution in [0.4, 0.5) is 11.4 Å². The number of hydrogen-bond donors (Lipinski definition) is 3.